The van der Waals surface area contributed by atoms with Gasteiger partial charge in [-0.05, 0) is 29.4 Å². The molecule has 1 nitrogen and oxygen atoms in total. The van der Waals surface area contributed by atoms with Gasteiger partial charge >= 0.3 is 0 Å². The zero-order valence-electron chi connectivity index (χ0n) is 8.50. The van der Waals surface area contributed by atoms with E-state index in [0.29, 0.717) is 6.42 Å². The van der Waals surface area contributed by atoms with E-state index in [0.717, 1.165) is 5.56 Å². The third-order valence-electron chi connectivity index (χ3n) is 3.50. The monoisotopic (exact) mass is 194 g/mol. The Bertz CT molecular complexity index is 346. The van der Waals surface area contributed by atoms with Crippen LogP contribution in [-0.2, 0) is 0 Å². The second kappa shape index (κ2) is 3.06. The topological polar surface area (TPSA) is 20.2 Å². The van der Waals surface area contributed by atoms with Gasteiger partial charge in [0.25, 0.3) is 0 Å². The zero-order valence-corrected chi connectivity index (χ0v) is 8.50. The van der Waals surface area contributed by atoms with Crippen LogP contribution in [0.5, 0.6) is 0 Å². The molecule has 1 aromatic rings. The van der Waals surface area contributed by atoms with E-state index in [9.17, 15) is 9.50 Å². The first-order chi connectivity index (χ1) is 6.53. The van der Waals surface area contributed by atoms with Crippen LogP contribution in [0.2, 0.25) is 0 Å². The first-order valence-electron chi connectivity index (χ1n) is 4.96. The van der Waals surface area contributed by atoms with Crippen molar-refractivity contribution in [3.63, 3.8) is 0 Å². The van der Waals surface area contributed by atoms with Crippen LogP contribution in [-0.4, -0.2) is 11.2 Å². The Morgan fingerprint density at radius 3 is 2.50 bits per heavy atom. The van der Waals surface area contributed by atoms with E-state index >= 15 is 0 Å². The molecule has 1 N–H and O–H groups in total. The largest absolute Gasteiger partial charge is 0.393 e. The van der Waals surface area contributed by atoms with Crippen LogP contribution >= 0.6 is 0 Å². The van der Waals surface area contributed by atoms with Crippen molar-refractivity contribution in [2.45, 2.75) is 32.3 Å². The number of benzene rings is 1. The third-order valence-corrected chi connectivity index (χ3v) is 3.50. The molecule has 0 bridgehead atoms. The molecule has 0 aromatic heterocycles. The first-order valence-corrected chi connectivity index (χ1v) is 4.96. The van der Waals surface area contributed by atoms with Gasteiger partial charge in [-0.2, -0.15) is 0 Å². The van der Waals surface area contributed by atoms with Gasteiger partial charge in [0.15, 0.2) is 0 Å². The minimum atomic E-state index is -0.299. The highest BCUT2D eigenvalue weighted by atomic mass is 19.1. The molecular weight excluding hydrogens is 179 g/mol. The van der Waals surface area contributed by atoms with Crippen LogP contribution in [0.1, 0.15) is 31.7 Å². The van der Waals surface area contributed by atoms with Gasteiger partial charge in [0.1, 0.15) is 5.82 Å². The van der Waals surface area contributed by atoms with Crippen molar-refractivity contribution in [2.75, 3.05) is 0 Å². The lowest BCUT2D eigenvalue weighted by Crippen LogP contribution is -2.47. The number of hydrogen-bond donors (Lipinski definition) is 1. The van der Waals surface area contributed by atoms with Crippen LogP contribution in [0.3, 0.4) is 0 Å². The molecule has 2 heteroatoms. The van der Waals surface area contributed by atoms with Gasteiger partial charge < -0.3 is 5.11 Å². The van der Waals surface area contributed by atoms with Crippen LogP contribution in [0.4, 0.5) is 4.39 Å². The molecule has 0 amide bonds. The quantitative estimate of drug-likeness (QED) is 0.728. The second-order valence-corrected chi connectivity index (χ2v) is 4.65. The Balaban J connectivity index is 2.30. The van der Waals surface area contributed by atoms with E-state index in [-0.39, 0.29) is 23.3 Å². The summed E-state index contributed by atoms with van der Waals surface area (Å²) in [5, 5.41) is 9.58. The molecule has 1 fully saturated rings. The van der Waals surface area contributed by atoms with Gasteiger partial charge in [-0.25, -0.2) is 4.39 Å². The summed E-state index contributed by atoms with van der Waals surface area (Å²) >= 11 is 0. The summed E-state index contributed by atoms with van der Waals surface area (Å²) in [7, 11) is 0. The molecule has 0 aliphatic heterocycles. The van der Waals surface area contributed by atoms with E-state index < -0.39 is 0 Å². The van der Waals surface area contributed by atoms with Gasteiger partial charge in [-0.3, -0.25) is 0 Å². The van der Waals surface area contributed by atoms with E-state index in [1.165, 1.54) is 6.07 Å². The smallest absolute Gasteiger partial charge is 0.126 e. The van der Waals surface area contributed by atoms with Gasteiger partial charge in [0.2, 0.25) is 0 Å². The fourth-order valence-electron chi connectivity index (χ4n) is 2.19. The summed E-state index contributed by atoms with van der Waals surface area (Å²) in [6.07, 6.45) is 0.376. The number of aliphatic hydroxyl groups is 1. The highest BCUT2D eigenvalue weighted by Crippen LogP contribution is 2.52. The fourth-order valence-corrected chi connectivity index (χ4v) is 2.19. The average molecular weight is 194 g/mol. The van der Waals surface area contributed by atoms with Crippen LogP contribution in [0, 0.1) is 11.2 Å². The van der Waals surface area contributed by atoms with E-state index in [1.54, 1.807) is 6.07 Å². The van der Waals surface area contributed by atoms with Crippen molar-refractivity contribution in [1.82, 2.24) is 0 Å². The summed E-state index contributed by atoms with van der Waals surface area (Å²) in [5.74, 6) is -0.00354. The highest BCUT2D eigenvalue weighted by molar-refractivity contribution is 5.27. The normalized spacial score (nSPS) is 29.7. The molecule has 0 spiro atoms. The van der Waals surface area contributed by atoms with Crippen LogP contribution in [0.25, 0.3) is 0 Å². The van der Waals surface area contributed by atoms with Gasteiger partial charge in [-0.1, -0.05) is 32.0 Å². The fraction of sp³-hybridized carbons (Fsp3) is 0.500. The summed E-state index contributed by atoms with van der Waals surface area (Å²) < 4.78 is 13.4. The van der Waals surface area contributed by atoms with E-state index in [2.05, 4.69) is 0 Å². The number of rotatable bonds is 1. The Kier molecular flexibility index (Phi) is 2.11. The maximum Gasteiger partial charge on any atom is 0.126 e. The SMILES string of the molecule is CC1(C)C(O)CC1c1ccccc1F. The average Bonchev–Trinajstić information content (AvgIpc) is 2.16. The molecule has 0 saturated heterocycles. The Hall–Kier alpha value is -0.890. The summed E-state index contributed by atoms with van der Waals surface area (Å²) in [4.78, 5) is 0. The predicted molar refractivity (Wildman–Crippen MR) is 53.5 cm³/mol. The molecule has 1 aliphatic carbocycles. The van der Waals surface area contributed by atoms with Gasteiger partial charge in [-0.15, -0.1) is 0 Å². The van der Waals surface area contributed by atoms with Gasteiger partial charge in [0.05, 0.1) is 6.10 Å². The molecule has 2 atom stereocenters. The second-order valence-electron chi connectivity index (χ2n) is 4.65. The molecule has 76 valence electrons. The van der Waals surface area contributed by atoms with Crippen LogP contribution < -0.4 is 0 Å². The molecule has 0 radical (unpaired) electrons. The Morgan fingerprint density at radius 2 is 2.00 bits per heavy atom. The summed E-state index contributed by atoms with van der Waals surface area (Å²) in [6, 6.07) is 6.84. The molecule has 2 unspecified atom stereocenters. The van der Waals surface area contributed by atoms with Gasteiger partial charge in [0, 0.05) is 0 Å². The zero-order chi connectivity index (χ0) is 10.3. The maximum absolute atomic E-state index is 13.4. The Labute approximate surface area is 83.6 Å². The first kappa shape index (κ1) is 9.66. The molecule has 1 aliphatic rings. The molecule has 1 saturated carbocycles. The van der Waals surface area contributed by atoms with Crippen LogP contribution in [0.15, 0.2) is 24.3 Å². The maximum atomic E-state index is 13.4. The lowest BCUT2D eigenvalue weighted by molar-refractivity contribution is -0.0635. The Morgan fingerprint density at radius 1 is 1.36 bits per heavy atom. The third kappa shape index (κ3) is 1.25. The van der Waals surface area contributed by atoms with Crippen molar-refractivity contribution < 1.29 is 9.50 Å². The summed E-state index contributed by atoms with van der Waals surface area (Å²) in [5.41, 5.74) is 0.546. The molecule has 1 aromatic carbocycles. The number of aliphatic hydroxyl groups excluding tert-OH is 1. The van der Waals surface area contributed by atoms with Crippen molar-refractivity contribution in [2.24, 2.45) is 5.41 Å². The standard InChI is InChI=1S/C12H15FO/c1-12(2)9(7-11(12)14)8-5-3-4-6-10(8)13/h3-6,9,11,14H,7H2,1-2H3. The minimum Gasteiger partial charge on any atom is -0.393 e. The lowest BCUT2D eigenvalue weighted by atomic mass is 9.58. The molecule has 0 heterocycles. The molecular formula is C12H15FO. The van der Waals surface area contributed by atoms with Crippen molar-refractivity contribution >= 4 is 0 Å². The van der Waals surface area contributed by atoms with Crippen molar-refractivity contribution in [3.8, 4) is 0 Å². The summed E-state index contributed by atoms with van der Waals surface area (Å²) in [6.45, 7) is 3.97. The van der Waals surface area contributed by atoms with E-state index in [4.69, 9.17) is 0 Å². The highest BCUT2D eigenvalue weighted by Gasteiger charge is 2.48. The minimum absolute atomic E-state index is 0.152. The number of hydrogen-bond acceptors (Lipinski definition) is 1. The van der Waals surface area contributed by atoms with Crippen molar-refractivity contribution in [1.29, 1.82) is 0 Å². The van der Waals surface area contributed by atoms with E-state index in [1.807, 2.05) is 26.0 Å². The molecule has 2 rings (SSSR count). The number of halogens is 1. The predicted octanol–water partition coefficient (Wildman–Crippen LogP) is 2.70. The van der Waals surface area contributed by atoms with Crippen molar-refractivity contribution in [3.05, 3.63) is 35.6 Å². The molecule has 14 heavy (non-hydrogen) atoms. The lowest BCUT2D eigenvalue weighted by Gasteiger charge is -2.49.